The van der Waals surface area contributed by atoms with Crippen LogP contribution in [0.15, 0.2) is 35.6 Å². The maximum absolute atomic E-state index is 12.1. The van der Waals surface area contributed by atoms with Crippen LogP contribution >= 0.6 is 12.2 Å². The zero-order valence-corrected chi connectivity index (χ0v) is 12.7. The molecule has 3 rings (SSSR count). The van der Waals surface area contributed by atoms with Gasteiger partial charge < -0.3 is 9.47 Å². The summed E-state index contributed by atoms with van der Waals surface area (Å²) in [7, 11) is 1.55. The molecule has 0 bridgehead atoms. The third kappa shape index (κ3) is 2.35. The first-order valence-electron chi connectivity index (χ1n) is 6.45. The van der Waals surface area contributed by atoms with Gasteiger partial charge in [-0.1, -0.05) is 0 Å². The van der Waals surface area contributed by atoms with Gasteiger partial charge in [-0.15, -0.1) is 0 Å². The van der Waals surface area contributed by atoms with Gasteiger partial charge in [0.2, 0.25) is 0 Å². The van der Waals surface area contributed by atoms with Crippen molar-refractivity contribution in [2.24, 2.45) is 0 Å². The number of carbonyl (C=O) groups is 2. The van der Waals surface area contributed by atoms with E-state index in [0.29, 0.717) is 28.4 Å². The Morgan fingerprint density at radius 2 is 1.86 bits per heavy atom. The van der Waals surface area contributed by atoms with Crippen LogP contribution in [0.4, 0.5) is 0 Å². The zero-order valence-electron chi connectivity index (χ0n) is 11.9. The number of rotatable bonds is 1. The number of hydrogen-bond donors (Lipinski definition) is 2. The second-order valence-corrected chi connectivity index (χ2v) is 5.15. The number of methoxy groups -OCH3 is 1. The second kappa shape index (κ2) is 5.27. The van der Waals surface area contributed by atoms with Gasteiger partial charge in [0.05, 0.1) is 7.11 Å². The highest BCUT2D eigenvalue weighted by Gasteiger charge is 2.31. The Labute approximate surface area is 131 Å². The number of ether oxygens (including phenoxy) is 2. The maximum atomic E-state index is 12.1. The number of hydrogen-bond acceptors (Lipinski definition) is 5. The van der Waals surface area contributed by atoms with Gasteiger partial charge in [-0.3, -0.25) is 20.2 Å². The Kier molecular flexibility index (Phi) is 3.42. The Balaban J connectivity index is 2.20. The Morgan fingerprint density at radius 3 is 2.50 bits per heavy atom. The van der Waals surface area contributed by atoms with Crippen molar-refractivity contribution in [1.29, 1.82) is 0 Å². The van der Waals surface area contributed by atoms with Crippen LogP contribution in [-0.2, 0) is 9.59 Å². The Hall–Kier alpha value is -2.67. The Bertz CT molecular complexity index is 758. The molecular weight excluding hydrogens is 304 g/mol. The normalized spacial score (nSPS) is 17.2. The summed E-state index contributed by atoms with van der Waals surface area (Å²) in [4.78, 5) is 24.3. The largest absolute Gasteiger partial charge is 0.497 e. The van der Waals surface area contributed by atoms with Gasteiger partial charge in [-0.25, -0.2) is 0 Å². The summed E-state index contributed by atoms with van der Waals surface area (Å²) in [6, 6.07) is 5.18. The van der Waals surface area contributed by atoms with Crippen molar-refractivity contribution in [3.05, 3.63) is 41.2 Å². The van der Waals surface area contributed by atoms with E-state index in [1.54, 1.807) is 38.3 Å². The van der Waals surface area contributed by atoms with E-state index in [0.717, 1.165) is 0 Å². The third-order valence-corrected chi connectivity index (χ3v) is 3.48. The summed E-state index contributed by atoms with van der Waals surface area (Å²) in [5.41, 5.74) is 1.13. The van der Waals surface area contributed by atoms with Crippen molar-refractivity contribution < 1.29 is 19.1 Å². The van der Waals surface area contributed by atoms with Crippen molar-refractivity contribution in [2.45, 2.75) is 6.92 Å². The first-order valence-corrected chi connectivity index (χ1v) is 6.86. The van der Waals surface area contributed by atoms with Gasteiger partial charge in [0.1, 0.15) is 22.8 Å². The van der Waals surface area contributed by atoms with Crippen LogP contribution in [0.1, 0.15) is 12.5 Å². The van der Waals surface area contributed by atoms with Crippen LogP contribution in [-0.4, -0.2) is 24.0 Å². The molecule has 112 valence electrons. The van der Waals surface area contributed by atoms with Crippen LogP contribution in [0.3, 0.4) is 0 Å². The van der Waals surface area contributed by atoms with Crippen molar-refractivity contribution in [2.75, 3.05) is 7.11 Å². The smallest absolute Gasteiger partial charge is 0.263 e. The molecule has 2 amide bonds. The zero-order chi connectivity index (χ0) is 15.9. The van der Waals surface area contributed by atoms with E-state index in [1.807, 2.05) is 0 Å². The molecule has 2 heterocycles. The molecule has 0 aromatic heterocycles. The molecular formula is C15H12N2O4S. The number of benzene rings is 1. The van der Waals surface area contributed by atoms with Crippen molar-refractivity contribution in [1.82, 2.24) is 10.6 Å². The van der Waals surface area contributed by atoms with Crippen LogP contribution in [0.2, 0.25) is 0 Å². The quantitative estimate of drug-likeness (QED) is 0.464. The van der Waals surface area contributed by atoms with Gasteiger partial charge in [0, 0.05) is 17.2 Å². The number of fused-ring (bicyclic) bond motifs is 1. The lowest BCUT2D eigenvalue weighted by Gasteiger charge is -2.23. The highest BCUT2D eigenvalue weighted by molar-refractivity contribution is 7.80. The molecule has 0 atom stereocenters. The standard InChI is InChI=1S/C15H12N2O4S/c1-7-5-10(12-13(18)16-15(22)17-14(12)19)9-4-3-8(20-2)6-11(9)21-7/h3-6H,1-2H3,(H2,16,17,18,19,22). The summed E-state index contributed by atoms with van der Waals surface area (Å²) in [6.07, 6.45) is 1.65. The van der Waals surface area contributed by atoms with Gasteiger partial charge in [0.15, 0.2) is 5.11 Å². The van der Waals surface area contributed by atoms with Crippen molar-refractivity contribution >= 4 is 34.7 Å². The molecule has 6 nitrogen and oxygen atoms in total. The topological polar surface area (TPSA) is 76.7 Å². The molecule has 1 saturated heterocycles. The molecule has 1 aromatic rings. The highest BCUT2D eigenvalue weighted by Crippen LogP contribution is 2.38. The molecule has 0 spiro atoms. The monoisotopic (exact) mass is 316 g/mol. The number of amides is 2. The minimum Gasteiger partial charge on any atom is -0.497 e. The van der Waals surface area contributed by atoms with Crippen LogP contribution < -0.4 is 20.1 Å². The predicted molar refractivity (Wildman–Crippen MR) is 83.2 cm³/mol. The second-order valence-electron chi connectivity index (χ2n) is 4.75. The van der Waals surface area contributed by atoms with Gasteiger partial charge in [-0.2, -0.15) is 0 Å². The lowest BCUT2D eigenvalue weighted by molar-refractivity contribution is -0.123. The van der Waals surface area contributed by atoms with Crippen LogP contribution in [0.25, 0.3) is 5.57 Å². The fraction of sp³-hybridized carbons (Fsp3) is 0.133. The molecule has 0 unspecified atom stereocenters. The van der Waals surface area contributed by atoms with Gasteiger partial charge >= 0.3 is 0 Å². The average Bonchev–Trinajstić information content (AvgIpc) is 2.45. The molecule has 0 saturated carbocycles. The molecule has 7 heteroatoms. The fourth-order valence-electron chi connectivity index (χ4n) is 2.34. The maximum Gasteiger partial charge on any atom is 0.263 e. The third-order valence-electron chi connectivity index (χ3n) is 3.28. The van der Waals surface area contributed by atoms with E-state index in [9.17, 15) is 9.59 Å². The summed E-state index contributed by atoms with van der Waals surface area (Å²) >= 11 is 4.80. The van der Waals surface area contributed by atoms with Crippen molar-refractivity contribution in [3.63, 3.8) is 0 Å². The number of nitrogens with one attached hydrogen (secondary N) is 2. The minimum atomic E-state index is -0.531. The van der Waals surface area contributed by atoms with Gasteiger partial charge in [-0.05, 0) is 37.4 Å². The molecule has 2 N–H and O–H groups in total. The van der Waals surface area contributed by atoms with E-state index in [-0.39, 0.29) is 10.7 Å². The first kappa shape index (κ1) is 14.3. The lowest BCUT2D eigenvalue weighted by atomic mass is 9.94. The predicted octanol–water partition coefficient (Wildman–Crippen LogP) is 1.28. The molecule has 2 aliphatic rings. The SMILES string of the molecule is COc1ccc2c(c1)OC(C)=CC2=C1C(=O)NC(=S)NC1=O. The lowest BCUT2D eigenvalue weighted by Crippen LogP contribution is -2.51. The molecule has 1 aromatic carbocycles. The highest BCUT2D eigenvalue weighted by atomic mass is 32.1. The van der Waals surface area contributed by atoms with E-state index >= 15 is 0 Å². The molecule has 0 aliphatic carbocycles. The fourth-order valence-corrected chi connectivity index (χ4v) is 2.52. The number of carbonyl (C=O) groups excluding carboxylic acids is 2. The first-order chi connectivity index (χ1) is 10.5. The molecule has 2 aliphatic heterocycles. The molecule has 22 heavy (non-hydrogen) atoms. The Morgan fingerprint density at radius 1 is 1.18 bits per heavy atom. The van der Waals surface area contributed by atoms with Crippen molar-refractivity contribution in [3.8, 4) is 11.5 Å². The van der Waals surface area contributed by atoms with Gasteiger partial charge in [0.25, 0.3) is 11.8 Å². The minimum absolute atomic E-state index is 0.00191. The molecule has 1 fully saturated rings. The summed E-state index contributed by atoms with van der Waals surface area (Å²) < 4.78 is 10.8. The van der Waals surface area contributed by atoms with Crippen LogP contribution in [0, 0.1) is 0 Å². The van der Waals surface area contributed by atoms with Crippen LogP contribution in [0.5, 0.6) is 11.5 Å². The molecule has 0 radical (unpaired) electrons. The summed E-state index contributed by atoms with van der Waals surface area (Å²) in [5.74, 6) is 0.650. The summed E-state index contributed by atoms with van der Waals surface area (Å²) in [5, 5.41) is 4.87. The van der Waals surface area contributed by atoms with E-state index in [1.165, 1.54) is 0 Å². The average molecular weight is 316 g/mol. The summed E-state index contributed by atoms with van der Waals surface area (Å²) in [6.45, 7) is 1.74. The van der Waals surface area contributed by atoms with E-state index < -0.39 is 11.8 Å². The van der Waals surface area contributed by atoms with E-state index in [2.05, 4.69) is 10.6 Å². The number of allylic oxidation sites excluding steroid dienone is 3. The van der Waals surface area contributed by atoms with E-state index in [4.69, 9.17) is 21.7 Å². The number of thiocarbonyl (C=S) groups is 1.